The molecule has 94 valence electrons. The molecule has 0 aromatic carbocycles. The van der Waals surface area contributed by atoms with Crippen molar-refractivity contribution in [1.82, 2.24) is 4.98 Å². The van der Waals surface area contributed by atoms with Crippen LogP contribution in [0.4, 0.5) is 17.6 Å². The van der Waals surface area contributed by atoms with Gasteiger partial charge in [-0.1, -0.05) is 0 Å². The number of pyridine rings is 1. The number of hydrogen-bond donors (Lipinski definition) is 1. The lowest BCUT2D eigenvalue weighted by Gasteiger charge is -2.14. The highest BCUT2D eigenvalue weighted by Crippen LogP contribution is 2.32. The van der Waals surface area contributed by atoms with Crippen LogP contribution in [0.5, 0.6) is 5.75 Å². The molecule has 0 unspecified atom stereocenters. The number of rotatable bonds is 3. The van der Waals surface area contributed by atoms with Crippen molar-refractivity contribution >= 4 is 28.6 Å². The molecule has 0 saturated carbocycles. The van der Waals surface area contributed by atoms with Crippen molar-refractivity contribution in [2.75, 3.05) is 0 Å². The SMILES string of the molecule is O=C(O)c1cnc(I)c(OC(F)(F)F)c1CF. The van der Waals surface area contributed by atoms with Gasteiger partial charge in [-0.15, -0.1) is 13.2 Å². The highest BCUT2D eigenvalue weighted by atomic mass is 127. The zero-order valence-corrected chi connectivity index (χ0v) is 10.0. The number of alkyl halides is 4. The molecule has 9 heteroatoms. The first-order valence-corrected chi connectivity index (χ1v) is 5.06. The molecule has 0 spiro atoms. The second-order valence-corrected chi connectivity index (χ2v) is 3.78. The molecule has 1 heterocycles. The summed E-state index contributed by atoms with van der Waals surface area (Å²) in [6.07, 6.45) is -4.26. The van der Waals surface area contributed by atoms with E-state index < -0.39 is 35.9 Å². The van der Waals surface area contributed by atoms with E-state index >= 15 is 0 Å². The first-order valence-electron chi connectivity index (χ1n) is 3.98. The van der Waals surface area contributed by atoms with Crippen molar-refractivity contribution in [2.45, 2.75) is 13.0 Å². The molecular weight excluding hydrogens is 361 g/mol. The fourth-order valence-electron chi connectivity index (χ4n) is 1.04. The molecule has 0 saturated heterocycles. The summed E-state index contributed by atoms with van der Waals surface area (Å²) in [7, 11) is 0. The fraction of sp³-hybridized carbons (Fsp3) is 0.250. The summed E-state index contributed by atoms with van der Waals surface area (Å²) in [5.41, 5.74) is -1.35. The quantitative estimate of drug-likeness (QED) is 0.509. The van der Waals surface area contributed by atoms with E-state index in [0.29, 0.717) is 0 Å². The van der Waals surface area contributed by atoms with Crippen LogP contribution in [0.2, 0.25) is 0 Å². The number of halogens is 5. The average Bonchev–Trinajstić information content (AvgIpc) is 2.18. The van der Waals surface area contributed by atoms with Crippen molar-refractivity contribution in [3.63, 3.8) is 0 Å². The van der Waals surface area contributed by atoms with Gasteiger partial charge in [0.1, 0.15) is 10.4 Å². The monoisotopic (exact) mass is 365 g/mol. The van der Waals surface area contributed by atoms with Gasteiger partial charge in [0.25, 0.3) is 0 Å². The number of carboxylic acid groups (broad SMARTS) is 1. The Kier molecular flexibility index (Phi) is 4.11. The van der Waals surface area contributed by atoms with Gasteiger partial charge in [-0.3, -0.25) is 0 Å². The Morgan fingerprint density at radius 3 is 2.53 bits per heavy atom. The van der Waals surface area contributed by atoms with Crippen molar-refractivity contribution < 1.29 is 32.2 Å². The minimum Gasteiger partial charge on any atom is -0.478 e. The molecule has 0 fully saturated rings. The summed E-state index contributed by atoms with van der Waals surface area (Å²) in [5.74, 6) is -2.49. The van der Waals surface area contributed by atoms with Gasteiger partial charge in [-0.25, -0.2) is 14.2 Å². The van der Waals surface area contributed by atoms with Crippen LogP contribution in [-0.4, -0.2) is 22.4 Å². The number of hydrogen-bond acceptors (Lipinski definition) is 3. The average molecular weight is 365 g/mol. The first kappa shape index (κ1) is 13.9. The summed E-state index contributed by atoms with van der Waals surface area (Å²) in [6.45, 7) is -1.40. The Labute approximate surface area is 106 Å². The van der Waals surface area contributed by atoms with Crippen LogP contribution in [0.25, 0.3) is 0 Å². The molecule has 4 nitrogen and oxygen atoms in total. The number of carbonyl (C=O) groups is 1. The number of aromatic nitrogens is 1. The third-order valence-electron chi connectivity index (χ3n) is 1.68. The molecule has 1 aromatic rings. The zero-order valence-electron chi connectivity index (χ0n) is 7.89. The topological polar surface area (TPSA) is 59.4 Å². The van der Waals surface area contributed by atoms with Crippen LogP contribution in [0.3, 0.4) is 0 Å². The van der Waals surface area contributed by atoms with Crippen molar-refractivity contribution in [1.29, 1.82) is 0 Å². The summed E-state index contributed by atoms with van der Waals surface area (Å²) in [5, 5.41) is 8.66. The molecule has 0 atom stereocenters. The van der Waals surface area contributed by atoms with Crippen LogP contribution < -0.4 is 4.74 Å². The lowest BCUT2D eigenvalue weighted by molar-refractivity contribution is -0.275. The van der Waals surface area contributed by atoms with E-state index in [0.717, 1.165) is 6.20 Å². The summed E-state index contributed by atoms with van der Waals surface area (Å²) < 4.78 is 52.1. The third kappa shape index (κ3) is 3.41. The van der Waals surface area contributed by atoms with E-state index in [-0.39, 0.29) is 3.70 Å². The van der Waals surface area contributed by atoms with Gasteiger partial charge in [0.05, 0.1) is 5.56 Å². The number of nitrogens with zero attached hydrogens (tertiary/aromatic N) is 1. The third-order valence-corrected chi connectivity index (χ3v) is 2.44. The van der Waals surface area contributed by atoms with E-state index in [9.17, 15) is 22.4 Å². The minimum atomic E-state index is -5.04. The van der Waals surface area contributed by atoms with Gasteiger partial charge in [-0.2, -0.15) is 0 Å². The molecular formula is C8H4F4INO3. The smallest absolute Gasteiger partial charge is 0.478 e. The molecule has 1 rings (SSSR count). The molecule has 0 aliphatic rings. The molecule has 17 heavy (non-hydrogen) atoms. The molecule has 0 aliphatic carbocycles. The maximum atomic E-state index is 12.6. The van der Waals surface area contributed by atoms with Crippen molar-refractivity contribution in [2.24, 2.45) is 0 Å². The molecule has 0 amide bonds. The van der Waals surface area contributed by atoms with Gasteiger partial charge in [-0.05, 0) is 22.6 Å². The molecule has 0 aliphatic heterocycles. The number of carboxylic acids is 1. The maximum Gasteiger partial charge on any atom is 0.573 e. The van der Waals surface area contributed by atoms with E-state index in [1.807, 2.05) is 0 Å². The summed E-state index contributed by atoms with van der Waals surface area (Å²) >= 11 is 1.39. The molecule has 0 bridgehead atoms. The largest absolute Gasteiger partial charge is 0.573 e. The van der Waals surface area contributed by atoms with Gasteiger partial charge in [0.15, 0.2) is 5.75 Å². The molecule has 1 aromatic heterocycles. The van der Waals surface area contributed by atoms with Gasteiger partial charge in [0, 0.05) is 11.8 Å². The Morgan fingerprint density at radius 2 is 2.12 bits per heavy atom. The second-order valence-electron chi connectivity index (χ2n) is 2.76. The van der Waals surface area contributed by atoms with Crippen molar-refractivity contribution in [3.05, 3.63) is 21.0 Å². The zero-order chi connectivity index (χ0) is 13.2. The minimum absolute atomic E-state index is 0.266. The van der Waals surface area contributed by atoms with Crippen LogP contribution in [0.1, 0.15) is 15.9 Å². The normalized spacial score (nSPS) is 11.4. The van der Waals surface area contributed by atoms with Crippen LogP contribution in [0, 0.1) is 3.70 Å². The highest BCUT2D eigenvalue weighted by Gasteiger charge is 2.34. The standard InChI is InChI=1S/C8H4F4INO3/c9-1-3-4(7(15)16)2-14-6(13)5(3)17-8(10,11)12/h2H,1H2,(H,15,16). The van der Waals surface area contributed by atoms with Gasteiger partial charge >= 0.3 is 12.3 Å². The van der Waals surface area contributed by atoms with Crippen molar-refractivity contribution in [3.8, 4) is 5.75 Å². The fourth-order valence-corrected chi connectivity index (χ4v) is 1.62. The Bertz CT molecular complexity index is 449. The molecule has 1 N–H and O–H groups in total. The van der Waals surface area contributed by atoms with E-state index in [2.05, 4.69) is 9.72 Å². The lowest BCUT2D eigenvalue weighted by Crippen LogP contribution is -2.20. The van der Waals surface area contributed by atoms with E-state index in [1.165, 1.54) is 22.6 Å². The summed E-state index contributed by atoms with van der Waals surface area (Å²) in [4.78, 5) is 14.1. The van der Waals surface area contributed by atoms with Crippen LogP contribution >= 0.6 is 22.6 Å². The Balaban J connectivity index is 3.35. The van der Waals surface area contributed by atoms with Gasteiger partial charge in [0.2, 0.25) is 0 Å². The molecule has 0 radical (unpaired) electrons. The second kappa shape index (κ2) is 5.02. The Morgan fingerprint density at radius 1 is 1.53 bits per heavy atom. The lowest BCUT2D eigenvalue weighted by atomic mass is 10.1. The number of aromatic carboxylic acids is 1. The maximum absolute atomic E-state index is 12.6. The van der Waals surface area contributed by atoms with E-state index in [1.54, 1.807) is 0 Å². The van der Waals surface area contributed by atoms with Crippen LogP contribution in [-0.2, 0) is 6.67 Å². The predicted octanol–water partition coefficient (Wildman–Crippen LogP) is 2.75. The highest BCUT2D eigenvalue weighted by molar-refractivity contribution is 14.1. The Hall–Kier alpha value is -1.13. The van der Waals surface area contributed by atoms with Crippen LogP contribution in [0.15, 0.2) is 6.20 Å². The first-order chi connectivity index (χ1) is 7.76. The van der Waals surface area contributed by atoms with E-state index in [4.69, 9.17) is 5.11 Å². The van der Waals surface area contributed by atoms with Gasteiger partial charge < -0.3 is 9.84 Å². The number of ether oxygens (including phenoxy) is 1. The summed E-state index contributed by atoms with van der Waals surface area (Å²) in [6, 6.07) is 0. The predicted molar refractivity (Wildman–Crippen MR) is 55.4 cm³/mol.